The van der Waals surface area contributed by atoms with Gasteiger partial charge in [0.15, 0.2) is 0 Å². The van der Waals surface area contributed by atoms with Crippen LogP contribution >= 0.6 is 0 Å². The van der Waals surface area contributed by atoms with Crippen LogP contribution in [0.5, 0.6) is 0 Å². The van der Waals surface area contributed by atoms with Gasteiger partial charge >= 0.3 is 5.97 Å². The van der Waals surface area contributed by atoms with Gasteiger partial charge in [-0.15, -0.1) is 0 Å². The van der Waals surface area contributed by atoms with Gasteiger partial charge in [-0.1, -0.05) is 66.7 Å². The third-order valence-corrected chi connectivity index (χ3v) is 7.23. The van der Waals surface area contributed by atoms with Crippen molar-refractivity contribution in [2.24, 2.45) is 0 Å². The van der Waals surface area contributed by atoms with Crippen molar-refractivity contribution in [2.45, 2.75) is 30.3 Å². The summed E-state index contributed by atoms with van der Waals surface area (Å²) >= 11 is 0. The maximum Gasteiger partial charge on any atom is 0.305 e. The van der Waals surface area contributed by atoms with Crippen molar-refractivity contribution in [3.8, 4) is 11.1 Å². The molecule has 0 spiro atoms. The first kappa shape index (κ1) is 25.3. The van der Waals surface area contributed by atoms with Crippen molar-refractivity contribution >= 4 is 16.0 Å². The normalized spacial score (nSPS) is 12.3. The average molecular weight is 505 g/mol. The molecule has 36 heavy (non-hydrogen) atoms. The van der Waals surface area contributed by atoms with E-state index < -0.39 is 22.0 Å². The predicted octanol–water partition coefficient (Wildman–Crippen LogP) is 3.90. The van der Waals surface area contributed by atoms with E-state index in [1.54, 1.807) is 48.8 Å². The number of carboxylic acids is 1. The van der Waals surface area contributed by atoms with E-state index in [9.17, 15) is 18.3 Å². The van der Waals surface area contributed by atoms with Gasteiger partial charge in [-0.2, -0.15) is 0 Å². The fourth-order valence-corrected chi connectivity index (χ4v) is 5.15. The Balaban J connectivity index is 1.43. The van der Waals surface area contributed by atoms with Gasteiger partial charge in [0.25, 0.3) is 0 Å². The maximum atomic E-state index is 13.1. The Morgan fingerprint density at radius 1 is 0.972 bits per heavy atom. The number of carboxylic acid groups (broad SMARTS) is 1. The number of aliphatic carboxylic acids is 1. The van der Waals surface area contributed by atoms with Gasteiger partial charge in [0, 0.05) is 31.4 Å². The lowest BCUT2D eigenvalue weighted by Gasteiger charge is -2.18. The smallest absolute Gasteiger partial charge is 0.305 e. The molecule has 0 saturated heterocycles. The van der Waals surface area contributed by atoms with Gasteiger partial charge in [0.1, 0.15) is 0 Å². The van der Waals surface area contributed by atoms with Crippen molar-refractivity contribution in [1.29, 1.82) is 0 Å². The van der Waals surface area contributed by atoms with Gasteiger partial charge < -0.3 is 15.4 Å². The predicted molar refractivity (Wildman–Crippen MR) is 138 cm³/mol. The number of aromatic amines is 1. The molecular formula is C27H28N4O4S. The number of imidazole rings is 1. The zero-order chi connectivity index (χ0) is 25.4. The number of H-pyrrole nitrogens is 1. The van der Waals surface area contributed by atoms with Crippen LogP contribution in [0.15, 0.2) is 96.3 Å². The Kier molecular flexibility index (Phi) is 8.27. The topological polar surface area (TPSA) is 124 Å². The molecule has 3 aromatic carbocycles. The lowest BCUT2D eigenvalue weighted by molar-refractivity contribution is -0.137. The number of benzene rings is 3. The van der Waals surface area contributed by atoms with Gasteiger partial charge in [0.05, 0.1) is 23.7 Å². The van der Waals surface area contributed by atoms with Crippen molar-refractivity contribution in [2.75, 3.05) is 6.54 Å². The third kappa shape index (κ3) is 6.88. The highest BCUT2D eigenvalue weighted by Crippen LogP contribution is 2.25. The fourth-order valence-electron chi connectivity index (χ4n) is 3.88. The Labute approximate surface area is 210 Å². The lowest BCUT2D eigenvalue weighted by Crippen LogP contribution is -2.30. The average Bonchev–Trinajstić information content (AvgIpc) is 3.41. The van der Waals surface area contributed by atoms with E-state index in [0.717, 1.165) is 41.9 Å². The van der Waals surface area contributed by atoms with Crippen molar-refractivity contribution < 1.29 is 18.3 Å². The first-order valence-electron chi connectivity index (χ1n) is 11.6. The molecule has 0 aliphatic heterocycles. The minimum atomic E-state index is -3.96. The Hall–Kier alpha value is -3.79. The zero-order valence-corrected chi connectivity index (χ0v) is 20.4. The molecule has 0 aliphatic carbocycles. The zero-order valence-electron chi connectivity index (χ0n) is 19.6. The summed E-state index contributed by atoms with van der Waals surface area (Å²) in [7, 11) is -3.96. The third-order valence-electron chi connectivity index (χ3n) is 5.76. The maximum absolute atomic E-state index is 13.1. The van der Waals surface area contributed by atoms with E-state index in [1.807, 2.05) is 36.5 Å². The van der Waals surface area contributed by atoms with Gasteiger partial charge in [0.2, 0.25) is 10.0 Å². The van der Waals surface area contributed by atoms with Crippen LogP contribution in [-0.2, 0) is 27.8 Å². The van der Waals surface area contributed by atoms with Crippen LogP contribution in [0.2, 0.25) is 0 Å². The van der Waals surface area contributed by atoms with Crippen LogP contribution < -0.4 is 10.0 Å². The SMILES string of the molecule is O=C(O)CC(NS(=O)(=O)c1cccc(-c2ccc(CNCCc3cnc[nH]3)cc2)c1)c1ccccc1. The van der Waals surface area contributed by atoms with Crippen LogP contribution in [0.4, 0.5) is 0 Å². The molecule has 4 aromatic rings. The number of hydrogen-bond acceptors (Lipinski definition) is 5. The molecule has 9 heteroatoms. The molecule has 1 aromatic heterocycles. The number of aromatic nitrogens is 2. The first-order chi connectivity index (χ1) is 17.4. The molecule has 1 atom stereocenters. The van der Waals surface area contributed by atoms with Crippen LogP contribution in [0, 0.1) is 0 Å². The summed E-state index contributed by atoms with van der Waals surface area (Å²) in [5.74, 6) is -1.09. The summed E-state index contributed by atoms with van der Waals surface area (Å²) in [4.78, 5) is 18.5. The van der Waals surface area contributed by atoms with Gasteiger partial charge in [-0.05, 0) is 34.4 Å². The molecule has 0 amide bonds. The minimum absolute atomic E-state index is 0.0795. The van der Waals surface area contributed by atoms with Crippen molar-refractivity contribution in [1.82, 2.24) is 20.0 Å². The van der Waals surface area contributed by atoms with Crippen LogP contribution in [-0.4, -0.2) is 36.0 Å². The molecule has 0 fully saturated rings. The summed E-state index contributed by atoms with van der Waals surface area (Å²) in [6.45, 7) is 1.54. The van der Waals surface area contributed by atoms with Crippen LogP contribution in [0.3, 0.4) is 0 Å². The van der Waals surface area contributed by atoms with E-state index >= 15 is 0 Å². The highest BCUT2D eigenvalue weighted by Gasteiger charge is 2.24. The van der Waals surface area contributed by atoms with E-state index in [0.29, 0.717) is 5.56 Å². The molecule has 8 nitrogen and oxygen atoms in total. The number of rotatable bonds is 12. The van der Waals surface area contributed by atoms with E-state index in [1.165, 1.54) is 6.07 Å². The summed E-state index contributed by atoms with van der Waals surface area (Å²) in [6, 6.07) is 22.4. The largest absolute Gasteiger partial charge is 0.481 e. The van der Waals surface area contributed by atoms with E-state index in [4.69, 9.17) is 0 Å². The summed E-state index contributed by atoms with van der Waals surface area (Å²) < 4.78 is 28.9. The molecule has 4 N–H and O–H groups in total. The monoisotopic (exact) mass is 504 g/mol. The van der Waals surface area contributed by atoms with Crippen molar-refractivity contribution in [3.63, 3.8) is 0 Å². The number of hydrogen-bond donors (Lipinski definition) is 4. The molecule has 0 aliphatic rings. The van der Waals surface area contributed by atoms with Crippen molar-refractivity contribution in [3.05, 3.63) is 108 Å². The van der Waals surface area contributed by atoms with Gasteiger partial charge in [-0.25, -0.2) is 18.1 Å². The Morgan fingerprint density at radius 3 is 2.44 bits per heavy atom. The molecular weight excluding hydrogens is 476 g/mol. The summed E-state index contributed by atoms with van der Waals surface area (Å²) in [6.07, 6.45) is 3.99. The van der Waals surface area contributed by atoms with Crippen LogP contribution in [0.25, 0.3) is 11.1 Å². The highest BCUT2D eigenvalue weighted by molar-refractivity contribution is 7.89. The minimum Gasteiger partial charge on any atom is -0.481 e. The first-order valence-corrected chi connectivity index (χ1v) is 13.1. The second-order valence-corrected chi connectivity index (χ2v) is 10.1. The molecule has 0 saturated carbocycles. The number of nitrogens with one attached hydrogen (secondary N) is 3. The number of carbonyl (C=O) groups is 1. The standard InChI is InChI=1S/C27H28N4O4S/c32-27(33)16-26(22-5-2-1-3-6-22)31-36(34,35)25-8-4-7-23(15-25)21-11-9-20(10-12-21)17-28-14-13-24-18-29-19-30-24/h1-12,15,18-19,26,28,31H,13-14,16-17H2,(H,29,30)(H,32,33). The number of sulfonamides is 1. The Morgan fingerprint density at radius 2 is 1.75 bits per heavy atom. The highest BCUT2D eigenvalue weighted by atomic mass is 32.2. The molecule has 1 unspecified atom stereocenters. The van der Waals surface area contributed by atoms with Gasteiger partial charge in [-0.3, -0.25) is 4.79 Å². The Bertz CT molecular complexity index is 1370. The van der Waals surface area contributed by atoms with Crippen LogP contribution in [0.1, 0.15) is 29.3 Å². The molecule has 0 radical (unpaired) electrons. The quantitative estimate of drug-likeness (QED) is 0.217. The molecule has 4 rings (SSSR count). The molecule has 1 heterocycles. The molecule has 0 bridgehead atoms. The van der Waals surface area contributed by atoms with E-state index in [-0.39, 0.29) is 11.3 Å². The molecule has 186 valence electrons. The second kappa shape index (κ2) is 11.8. The fraction of sp³-hybridized carbons (Fsp3) is 0.185. The summed E-state index contributed by atoms with van der Waals surface area (Å²) in [5, 5.41) is 12.7. The lowest BCUT2D eigenvalue weighted by atomic mass is 10.0. The number of nitrogens with zero attached hydrogens (tertiary/aromatic N) is 1. The summed E-state index contributed by atoms with van der Waals surface area (Å²) in [5.41, 5.74) is 4.44. The van der Waals surface area contributed by atoms with E-state index in [2.05, 4.69) is 20.0 Å². The second-order valence-electron chi connectivity index (χ2n) is 8.41.